The molecule has 5 heteroatoms. The Morgan fingerprint density at radius 3 is 2.55 bits per heavy atom. The molecule has 22 heavy (non-hydrogen) atoms. The average molecular weight is 327 g/mol. The average Bonchev–Trinajstić information content (AvgIpc) is 2.55. The van der Waals surface area contributed by atoms with Crippen LogP contribution in [0.1, 0.15) is 31.2 Å². The quantitative estimate of drug-likeness (QED) is 0.756. The summed E-state index contributed by atoms with van der Waals surface area (Å²) in [5, 5.41) is 6.19. The summed E-state index contributed by atoms with van der Waals surface area (Å²) in [5.74, 6) is 0.145. The molecule has 124 valence electrons. The molecule has 1 fully saturated rings. The van der Waals surface area contributed by atoms with E-state index in [0.29, 0.717) is 13.0 Å². The zero-order chi connectivity index (χ0) is 15.0. The molecule has 0 spiro atoms. The van der Waals surface area contributed by atoms with Crippen molar-refractivity contribution in [3.63, 3.8) is 0 Å². The Balaban J connectivity index is 0.00000242. The van der Waals surface area contributed by atoms with Crippen LogP contribution >= 0.6 is 12.4 Å². The summed E-state index contributed by atoms with van der Waals surface area (Å²) in [6.45, 7) is 3.12. The molecule has 0 saturated carbocycles. The SMILES string of the molecule is CNCCCC(=O)NCC1(c2ccccc2)CCOCC1.Cl. The minimum atomic E-state index is 0. The van der Waals surface area contributed by atoms with Crippen LogP contribution in [0.4, 0.5) is 0 Å². The third-order valence-electron chi connectivity index (χ3n) is 4.29. The third kappa shape index (κ3) is 5.27. The van der Waals surface area contributed by atoms with Gasteiger partial charge in [0.05, 0.1) is 0 Å². The Kier molecular flexibility index (Phi) is 8.46. The summed E-state index contributed by atoms with van der Waals surface area (Å²) in [7, 11) is 1.91. The van der Waals surface area contributed by atoms with Gasteiger partial charge in [-0.2, -0.15) is 0 Å². The highest BCUT2D eigenvalue weighted by atomic mass is 35.5. The Hall–Kier alpha value is -1.10. The van der Waals surface area contributed by atoms with Gasteiger partial charge in [0, 0.05) is 31.6 Å². The lowest BCUT2D eigenvalue weighted by molar-refractivity contribution is -0.121. The van der Waals surface area contributed by atoms with Crippen molar-refractivity contribution in [2.24, 2.45) is 0 Å². The summed E-state index contributed by atoms with van der Waals surface area (Å²) in [4.78, 5) is 12.0. The molecule has 0 aliphatic carbocycles. The molecule has 1 aliphatic heterocycles. The van der Waals surface area contributed by atoms with Crippen molar-refractivity contribution >= 4 is 18.3 Å². The van der Waals surface area contributed by atoms with Crippen LogP contribution in [0.3, 0.4) is 0 Å². The number of benzene rings is 1. The van der Waals surface area contributed by atoms with Crippen molar-refractivity contribution < 1.29 is 9.53 Å². The first-order valence-electron chi connectivity index (χ1n) is 7.81. The summed E-state index contributed by atoms with van der Waals surface area (Å²) in [5.41, 5.74) is 1.34. The van der Waals surface area contributed by atoms with Gasteiger partial charge in [-0.15, -0.1) is 12.4 Å². The molecule has 1 heterocycles. The van der Waals surface area contributed by atoms with Crippen molar-refractivity contribution in [2.45, 2.75) is 31.1 Å². The van der Waals surface area contributed by atoms with E-state index in [1.54, 1.807) is 0 Å². The lowest BCUT2D eigenvalue weighted by atomic mass is 9.74. The predicted molar refractivity (Wildman–Crippen MR) is 91.6 cm³/mol. The van der Waals surface area contributed by atoms with Crippen LogP contribution in [0.25, 0.3) is 0 Å². The predicted octanol–water partition coefficient (Wildman–Crippen LogP) is 2.27. The van der Waals surface area contributed by atoms with E-state index in [0.717, 1.165) is 39.0 Å². The highest BCUT2D eigenvalue weighted by Crippen LogP contribution is 2.34. The highest BCUT2D eigenvalue weighted by molar-refractivity contribution is 5.85. The largest absolute Gasteiger partial charge is 0.381 e. The van der Waals surface area contributed by atoms with Gasteiger partial charge in [0.1, 0.15) is 0 Å². The second-order valence-electron chi connectivity index (χ2n) is 5.74. The van der Waals surface area contributed by atoms with E-state index >= 15 is 0 Å². The van der Waals surface area contributed by atoms with E-state index in [2.05, 4.69) is 34.9 Å². The molecule has 0 radical (unpaired) electrons. The van der Waals surface area contributed by atoms with Crippen molar-refractivity contribution in [2.75, 3.05) is 33.4 Å². The molecule has 1 amide bonds. The lowest BCUT2D eigenvalue weighted by Gasteiger charge is -2.38. The number of halogens is 1. The van der Waals surface area contributed by atoms with Gasteiger partial charge in [0.2, 0.25) is 5.91 Å². The van der Waals surface area contributed by atoms with E-state index in [4.69, 9.17) is 4.74 Å². The smallest absolute Gasteiger partial charge is 0.220 e. The molecule has 0 aromatic heterocycles. The first-order valence-corrected chi connectivity index (χ1v) is 7.81. The number of ether oxygens (including phenoxy) is 1. The number of hydrogen-bond acceptors (Lipinski definition) is 3. The van der Waals surface area contributed by atoms with E-state index < -0.39 is 0 Å². The molecule has 2 rings (SSSR count). The Morgan fingerprint density at radius 2 is 1.91 bits per heavy atom. The van der Waals surface area contributed by atoms with Crippen molar-refractivity contribution in [1.82, 2.24) is 10.6 Å². The maximum Gasteiger partial charge on any atom is 0.220 e. The first-order chi connectivity index (χ1) is 10.3. The molecule has 1 aromatic rings. The fraction of sp³-hybridized carbons (Fsp3) is 0.588. The Labute approximate surface area is 139 Å². The summed E-state index contributed by atoms with van der Waals surface area (Å²) in [6.07, 6.45) is 3.40. The van der Waals surface area contributed by atoms with Gasteiger partial charge in [-0.25, -0.2) is 0 Å². The Morgan fingerprint density at radius 1 is 1.23 bits per heavy atom. The number of rotatable bonds is 7. The standard InChI is InChI=1S/C17H26N2O2.ClH/c1-18-11-5-8-16(20)19-14-17(9-12-21-13-10-17)15-6-3-2-4-7-15;/h2-4,6-7,18H,5,8-14H2,1H3,(H,19,20);1H. The number of carbonyl (C=O) groups is 1. The lowest BCUT2D eigenvalue weighted by Crippen LogP contribution is -2.44. The molecule has 2 N–H and O–H groups in total. The molecule has 4 nitrogen and oxygen atoms in total. The number of amides is 1. The van der Waals surface area contributed by atoms with Crippen molar-refractivity contribution in [1.29, 1.82) is 0 Å². The first kappa shape index (κ1) is 18.9. The Bertz CT molecular complexity index is 434. The van der Waals surface area contributed by atoms with Crippen LogP contribution in [-0.4, -0.2) is 39.3 Å². The molecule has 0 bridgehead atoms. The second kappa shape index (κ2) is 9.82. The van der Waals surface area contributed by atoms with Gasteiger partial charge in [-0.3, -0.25) is 4.79 Å². The monoisotopic (exact) mass is 326 g/mol. The minimum absolute atomic E-state index is 0. The fourth-order valence-electron chi connectivity index (χ4n) is 2.90. The molecule has 1 saturated heterocycles. The maximum atomic E-state index is 12.0. The highest BCUT2D eigenvalue weighted by Gasteiger charge is 2.34. The van der Waals surface area contributed by atoms with Crippen LogP contribution in [0, 0.1) is 0 Å². The van der Waals surface area contributed by atoms with E-state index in [-0.39, 0.29) is 23.7 Å². The third-order valence-corrected chi connectivity index (χ3v) is 4.29. The van der Waals surface area contributed by atoms with Crippen molar-refractivity contribution in [3.05, 3.63) is 35.9 Å². The van der Waals surface area contributed by atoms with Crippen LogP contribution in [0.2, 0.25) is 0 Å². The van der Waals surface area contributed by atoms with E-state index in [9.17, 15) is 4.79 Å². The number of hydrogen-bond donors (Lipinski definition) is 2. The van der Waals surface area contributed by atoms with E-state index in [1.807, 2.05) is 13.1 Å². The van der Waals surface area contributed by atoms with Crippen molar-refractivity contribution in [3.8, 4) is 0 Å². The molecular formula is C17H27ClN2O2. The summed E-state index contributed by atoms with van der Waals surface area (Å²) in [6, 6.07) is 10.5. The zero-order valence-electron chi connectivity index (χ0n) is 13.3. The van der Waals surface area contributed by atoms with Gasteiger partial charge in [-0.05, 0) is 38.4 Å². The van der Waals surface area contributed by atoms with Crippen LogP contribution in [-0.2, 0) is 14.9 Å². The fourth-order valence-corrected chi connectivity index (χ4v) is 2.90. The summed E-state index contributed by atoms with van der Waals surface area (Å²) >= 11 is 0. The summed E-state index contributed by atoms with van der Waals surface area (Å²) < 4.78 is 5.51. The van der Waals surface area contributed by atoms with E-state index in [1.165, 1.54) is 5.56 Å². The number of nitrogens with one attached hydrogen (secondary N) is 2. The van der Waals surface area contributed by atoms with Crippen LogP contribution in [0.15, 0.2) is 30.3 Å². The van der Waals surface area contributed by atoms with Gasteiger partial charge in [0.25, 0.3) is 0 Å². The van der Waals surface area contributed by atoms with Crippen LogP contribution in [0.5, 0.6) is 0 Å². The normalized spacial score (nSPS) is 16.6. The second-order valence-corrected chi connectivity index (χ2v) is 5.74. The molecule has 1 aliphatic rings. The number of carbonyl (C=O) groups excluding carboxylic acids is 1. The van der Waals surface area contributed by atoms with Gasteiger partial charge in [-0.1, -0.05) is 30.3 Å². The molecule has 1 aromatic carbocycles. The molecule has 0 atom stereocenters. The topological polar surface area (TPSA) is 50.4 Å². The molecule has 0 unspecified atom stereocenters. The van der Waals surface area contributed by atoms with Gasteiger partial charge < -0.3 is 15.4 Å². The zero-order valence-corrected chi connectivity index (χ0v) is 14.1. The van der Waals surface area contributed by atoms with Crippen LogP contribution < -0.4 is 10.6 Å². The maximum absolute atomic E-state index is 12.0. The minimum Gasteiger partial charge on any atom is -0.381 e. The van der Waals surface area contributed by atoms with Gasteiger partial charge >= 0.3 is 0 Å². The molecular weight excluding hydrogens is 300 g/mol. The van der Waals surface area contributed by atoms with Gasteiger partial charge in [0.15, 0.2) is 0 Å².